The second-order valence-electron chi connectivity index (χ2n) is 4.20. The average molecular weight is 320 g/mol. The molecule has 3 nitrogen and oxygen atoms in total. The highest BCUT2D eigenvalue weighted by Gasteiger charge is 2.29. The molecule has 0 aliphatic heterocycles. The molecule has 1 atom stereocenters. The number of nitrogens with two attached hydrogens (primary N) is 1. The van der Waals surface area contributed by atoms with Gasteiger partial charge in [-0.05, 0) is 47.5 Å². The Hall–Kier alpha value is -0.740. The molecular formula is C12H16BrClN2O. The van der Waals surface area contributed by atoms with E-state index in [4.69, 9.17) is 17.3 Å². The van der Waals surface area contributed by atoms with Gasteiger partial charge in [-0.2, -0.15) is 0 Å². The average Bonchev–Trinajstić information content (AvgIpc) is 2.23. The zero-order chi connectivity index (χ0) is 13.1. The van der Waals surface area contributed by atoms with Gasteiger partial charge < -0.3 is 11.1 Å². The second kappa shape index (κ2) is 5.74. The zero-order valence-corrected chi connectivity index (χ0v) is 12.2. The summed E-state index contributed by atoms with van der Waals surface area (Å²) < 4.78 is 0.785. The van der Waals surface area contributed by atoms with Crippen LogP contribution in [0.5, 0.6) is 0 Å². The quantitative estimate of drug-likeness (QED) is 0.872. The van der Waals surface area contributed by atoms with Gasteiger partial charge in [0, 0.05) is 10.2 Å². The number of halogens is 2. The molecule has 0 saturated carbocycles. The topological polar surface area (TPSA) is 55.1 Å². The summed E-state index contributed by atoms with van der Waals surface area (Å²) >= 11 is 9.25. The van der Waals surface area contributed by atoms with Gasteiger partial charge in [0.2, 0.25) is 5.91 Å². The normalized spacial score (nSPS) is 14.1. The molecule has 0 heterocycles. The number of primary amides is 1. The van der Waals surface area contributed by atoms with E-state index in [0.717, 1.165) is 16.6 Å². The van der Waals surface area contributed by atoms with Crippen LogP contribution in [0.1, 0.15) is 26.7 Å². The highest BCUT2D eigenvalue weighted by molar-refractivity contribution is 9.10. The Morgan fingerprint density at radius 3 is 2.71 bits per heavy atom. The van der Waals surface area contributed by atoms with E-state index in [1.54, 1.807) is 13.0 Å². The predicted octanol–water partition coefficient (Wildman–Crippen LogP) is 3.56. The van der Waals surface area contributed by atoms with E-state index in [1.807, 2.05) is 19.1 Å². The first-order valence-electron chi connectivity index (χ1n) is 5.42. The minimum absolute atomic E-state index is 0.356. The van der Waals surface area contributed by atoms with Crippen molar-refractivity contribution < 1.29 is 4.79 Å². The summed E-state index contributed by atoms with van der Waals surface area (Å²) in [5.74, 6) is -0.356. The number of carbonyl (C=O) groups is 1. The zero-order valence-electron chi connectivity index (χ0n) is 9.89. The minimum Gasteiger partial charge on any atom is -0.371 e. The van der Waals surface area contributed by atoms with Crippen LogP contribution in [0.3, 0.4) is 0 Å². The fraction of sp³-hybridized carbons (Fsp3) is 0.417. The predicted molar refractivity (Wildman–Crippen MR) is 75.3 cm³/mol. The van der Waals surface area contributed by atoms with Gasteiger partial charge in [0.1, 0.15) is 5.54 Å². The number of hydrogen-bond acceptors (Lipinski definition) is 2. The van der Waals surface area contributed by atoms with Crippen LogP contribution in [-0.4, -0.2) is 11.4 Å². The van der Waals surface area contributed by atoms with Crippen LogP contribution in [0.4, 0.5) is 5.69 Å². The first-order valence-corrected chi connectivity index (χ1v) is 6.59. The SMILES string of the molecule is CCCC(C)(Nc1ccc(Cl)c(Br)c1)C(N)=O. The molecule has 1 amide bonds. The van der Waals surface area contributed by atoms with Gasteiger partial charge in [-0.1, -0.05) is 24.9 Å². The lowest BCUT2D eigenvalue weighted by molar-refractivity contribution is -0.122. The molecule has 0 spiro atoms. The van der Waals surface area contributed by atoms with Gasteiger partial charge in [0.25, 0.3) is 0 Å². The number of anilines is 1. The Labute approximate surface area is 115 Å². The molecule has 0 bridgehead atoms. The molecule has 0 aliphatic rings. The van der Waals surface area contributed by atoms with E-state index in [0.29, 0.717) is 11.4 Å². The molecule has 1 aromatic carbocycles. The van der Waals surface area contributed by atoms with Gasteiger partial charge >= 0.3 is 0 Å². The standard InChI is InChI=1S/C12H16BrClN2O/c1-3-6-12(2,11(15)17)16-8-4-5-10(14)9(13)7-8/h4-5,7,16H,3,6H2,1-2H3,(H2,15,17). The van der Waals surface area contributed by atoms with Crippen LogP contribution in [0, 0.1) is 0 Å². The molecular weight excluding hydrogens is 304 g/mol. The number of hydrogen-bond donors (Lipinski definition) is 2. The molecule has 3 N–H and O–H groups in total. The van der Waals surface area contributed by atoms with Crippen LogP contribution in [0.2, 0.25) is 5.02 Å². The molecule has 0 aromatic heterocycles. The van der Waals surface area contributed by atoms with Crippen LogP contribution in [0.25, 0.3) is 0 Å². The maximum atomic E-state index is 11.5. The second-order valence-corrected chi connectivity index (χ2v) is 5.46. The third-order valence-corrected chi connectivity index (χ3v) is 3.85. The third-order valence-electron chi connectivity index (χ3n) is 2.63. The van der Waals surface area contributed by atoms with E-state index in [1.165, 1.54) is 0 Å². The maximum Gasteiger partial charge on any atom is 0.242 e. The van der Waals surface area contributed by atoms with Crippen molar-refractivity contribution in [1.29, 1.82) is 0 Å². The summed E-state index contributed by atoms with van der Waals surface area (Å²) in [5.41, 5.74) is 5.52. The Morgan fingerprint density at radius 2 is 2.24 bits per heavy atom. The van der Waals surface area contributed by atoms with Crippen molar-refractivity contribution in [2.24, 2.45) is 5.73 Å². The van der Waals surface area contributed by atoms with E-state index in [9.17, 15) is 4.79 Å². The fourth-order valence-corrected chi connectivity index (χ4v) is 2.14. The molecule has 0 aliphatic carbocycles. The minimum atomic E-state index is -0.734. The molecule has 0 radical (unpaired) electrons. The third kappa shape index (κ3) is 3.61. The van der Waals surface area contributed by atoms with Crippen molar-refractivity contribution in [2.75, 3.05) is 5.32 Å². The van der Waals surface area contributed by atoms with Crippen LogP contribution >= 0.6 is 27.5 Å². The highest BCUT2D eigenvalue weighted by Crippen LogP contribution is 2.28. The number of amides is 1. The monoisotopic (exact) mass is 318 g/mol. The first kappa shape index (κ1) is 14.3. The lowest BCUT2D eigenvalue weighted by atomic mass is 9.95. The van der Waals surface area contributed by atoms with Crippen LogP contribution in [-0.2, 0) is 4.79 Å². The summed E-state index contributed by atoms with van der Waals surface area (Å²) in [7, 11) is 0. The van der Waals surface area contributed by atoms with Gasteiger partial charge in [0.05, 0.1) is 5.02 Å². The summed E-state index contributed by atoms with van der Waals surface area (Å²) in [4.78, 5) is 11.5. The van der Waals surface area contributed by atoms with E-state index >= 15 is 0 Å². The van der Waals surface area contributed by atoms with Gasteiger partial charge in [-0.3, -0.25) is 4.79 Å². The Kier molecular flexibility index (Phi) is 4.83. The Balaban J connectivity index is 2.94. The summed E-state index contributed by atoms with van der Waals surface area (Å²) in [5, 5.41) is 3.79. The molecule has 0 saturated heterocycles. The maximum absolute atomic E-state index is 11.5. The van der Waals surface area contributed by atoms with E-state index < -0.39 is 5.54 Å². The van der Waals surface area contributed by atoms with Gasteiger partial charge in [-0.15, -0.1) is 0 Å². The van der Waals surface area contributed by atoms with Crippen LogP contribution < -0.4 is 11.1 Å². The number of benzene rings is 1. The first-order chi connectivity index (χ1) is 7.89. The number of carbonyl (C=O) groups excluding carboxylic acids is 1. The lowest BCUT2D eigenvalue weighted by Gasteiger charge is -2.28. The molecule has 0 fully saturated rings. The van der Waals surface area contributed by atoms with Crippen molar-refractivity contribution in [3.8, 4) is 0 Å². The van der Waals surface area contributed by atoms with E-state index in [2.05, 4.69) is 21.2 Å². The number of nitrogens with one attached hydrogen (secondary N) is 1. The molecule has 1 rings (SSSR count). The Morgan fingerprint density at radius 1 is 1.59 bits per heavy atom. The highest BCUT2D eigenvalue weighted by atomic mass is 79.9. The fourth-order valence-electron chi connectivity index (χ4n) is 1.64. The van der Waals surface area contributed by atoms with Crippen molar-refractivity contribution in [2.45, 2.75) is 32.2 Å². The van der Waals surface area contributed by atoms with Gasteiger partial charge in [0.15, 0.2) is 0 Å². The van der Waals surface area contributed by atoms with Gasteiger partial charge in [-0.25, -0.2) is 0 Å². The largest absolute Gasteiger partial charge is 0.371 e. The summed E-state index contributed by atoms with van der Waals surface area (Å²) in [6, 6.07) is 5.42. The number of rotatable bonds is 5. The van der Waals surface area contributed by atoms with E-state index in [-0.39, 0.29) is 5.91 Å². The van der Waals surface area contributed by atoms with Crippen LogP contribution in [0.15, 0.2) is 22.7 Å². The molecule has 5 heteroatoms. The molecule has 1 aromatic rings. The summed E-state index contributed by atoms with van der Waals surface area (Å²) in [6.45, 7) is 3.82. The molecule has 1 unspecified atom stereocenters. The summed E-state index contributed by atoms with van der Waals surface area (Å²) in [6.07, 6.45) is 1.56. The molecule has 94 valence electrons. The van der Waals surface area contributed by atoms with Crippen molar-refractivity contribution >= 4 is 39.1 Å². The Bertz CT molecular complexity index is 425. The molecule has 17 heavy (non-hydrogen) atoms. The van der Waals surface area contributed by atoms with Crippen molar-refractivity contribution in [3.63, 3.8) is 0 Å². The lowest BCUT2D eigenvalue weighted by Crippen LogP contribution is -2.47. The smallest absolute Gasteiger partial charge is 0.242 e. The van der Waals surface area contributed by atoms with Crippen molar-refractivity contribution in [3.05, 3.63) is 27.7 Å². The van der Waals surface area contributed by atoms with Crippen molar-refractivity contribution in [1.82, 2.24) is 0 Å².